The molecular formula is C73H80N10O13. The van der Waals surface area contributed by atoms with E-state index in [1.165, 1.54) is 80.3 Å². The van der Waals surface area contributed by atoms with Crippen LogP contribution in [-0.4, -0.2) is 140 Å². The molecule has 3 N–H and O–H groups in total. The summed E-state index contributed by atoms with van der Waals surface area (Å²) >= 11 is 0. The molecule has 9 rings (SSSR count). The maximum atomic E-state index is 15.0. The molecule has 0 saturated heterocycles. The Hall–Kier alpha value is -11.2. The number of carbonyl (C=O) groups is 8. The molecule has 2 aliphatic heterocycles. The van der Waals surface area contributed by atoms with E-state index in [1.54, 1.807) is 105 Å². The number of anilines is 4. The maximum Gasteiger partial charge on any atom is 0.410 e. The van der Waals surface area contributed by atoms with Gasteiger partial charge in [-0.15, -0.1) is 0 Å². The van der Waals surface area contributed by atoms with Crippen LogP contribution >= 0.6 is 0 Å². The lowest BCUT2D eigenvalue weighted by molar-refractivity contribution is -0.130. The summed E-state index contributed by atoms with van der Waals surface area (Å²) in [5.41, 5.74) is 2.68. The zero-order valence-corrected chi connectivity index (χ0v) is 56.5. The van der Waals surface area contributed by atoms with Gasteiger partial charge in [-0.3, -0.25) is 33.8 Å². The fourth-order valence-electron chi connectivity index (χ4n) is 11.2. The summed E-state index contributed by atoms with van der Waals surface area (Å²) in [7, 11) is 7.27. The van der Waals surface area contributed by atoms with E-state index in [9.17, 15) is 44.1 Å². The van der Waals surface area contributed by atoms with E-state index in [-0.39, 0.29) is 41.4 Å². The SMILES string of the molecule is COC(=O)c1ccc(C(=O)N2c3cc(C#N)ccc3N(Cc3c(OC)ccc4ccccc34)C(=O)[C@@H](NC(=O)[C@H](C)N(C)C(=O)OC(C)(C)C)[C@@H]2C)cc1.COc1ccc2ccccc2c1CN1C(=O)[C@@H](NC(=O)[C@H](C)N(C)C(=O)OC(C)(C)C)[C@H](C)Nc2cc(C#N)ccc21. The van der Waals surface area contributed by atoms with Gasteiger partial charge in [0.05, 0.1) is 98.1 Å². The zero-order chi connectivity index (χ0) is 70.2. The van der Waals surface area contributed by atoms with Crippen LogP contribution in [0.4, 0.5) is 32.3 Å². The molecule has 0 saturated carbocycles. The monoisotopic (exact) mass is 1300 g/mol. The molecule has 7 amide bonds. The number of hydrogen-bond donors (Lipinski definition) is 3. The first-order chi connectivity index (χ1) is 45.4. The molecule has 0 unspecified atom stereocenters. The molecule has 23 nitrogen and oxygen atoms in total. The van der Waals surface area contributed by atoms with Crippen molar-refractivity contribution < 1.29 is 62.0 Å². The molecule has 0 aliphatic carbocycles. The van der Waals surface area contributed by atoms with Crippen molar-refractivity contribution in [3.8, 4) is 23.6 Å². The van der Waals surface area contributed by atoms with Gasteiger partial charge in [-0.1, -0.05) is 60.7 Å². The summed E-state index contributed by atoms with van der Waals surface area (Å²) in [4.78, 5) is 116. The molecule has 2 aliphatic rings. The summed E-state index contributed by atoms with van der Waals surface area (Å²) in [6, 6.07) is 36.9. The molecule has 7 aromatic carbocycles. The average Bonchev–Trinajstić information content (AvgIpc) is 1.53. The van der Waals surface area contributed by atoms with Crippen molar-refractivity contribution in [1.82, 2.24) is 20.4 Å². The first kappa shape index (κ1) is 70.7. The quantitative estimate of drug-likeness (QED) is 0.0674. The van der Waals surface area contributed by atoms with E-state index in [0.29, 0.717) is 39.7 Å². The van der Waals surface area contributed by atoms with Gasteiger partial charge in [0, 0.05) is 30.8 Å². The van der Waals surface area contributed by atoms with Crippen molar-refractivity contribution in [3.63, 3.8) is 0 Å². The van der Waals surface area contributed by atoms with Crippen molar-refractivity contribution in [2.75, 3.05) is 55.4 Å². The number of likely N-dealkylation sites (N-methyl/N-ethyl adjacent to an activating group) is 2. The van der Waals surface area contributed by atoms with Gasteiger partial charge in [0.15, 0.2) is 0 Å². The minimum atomic E-state index is -1.36. The smallest absolute Gasteiger partial charge is 0.410 e. The van der Waals surface area contributed by atoms with Crippen LogP contribution in [0.5, 0.6) is 11.5 Å². The number of nitrogens with one attached hydrogen (secondary N) is 3. The highest BCUT2D eigenvalue weighted by atomic mass is 16.6. The van der Waals surface area contributed by atoms with Gasteiger partial charge in [-0.25, -0.2) is 14.4 Å². The van der Waals surface area contributed by atoms with Crippen molar-refractivity contribution in [3.05, 3.63) is 167 Å². The number of carbonyl (C=O) groups excluding carboxylic acids is 8. The predicted molar refractivity (Wildman–Crippen MR) is 364 cm³/mol. The molecule has 0 bridgehead atoms. The van der Waals surface area contributed by atoms with Crippen molar-refractivity contribution >= 4 is 92.0 Å². The second-order valence-corrected chi connectivity index (χ2v) is 25.4. The van der Waals surface area contributed by atoms with Crippen LogP contribution in [0, 0.1) is 22.7 Å². The maximum absolute atomic E-state index is 15.0. The number of esters is 1. The number of nitrogens with zero attached hydrogens (tertiary/aromatic N) is 7. The Morgan fingerprint density at radius 3 is 1.48 bits per heavy atom. The Morgan fingerprint density at radius 1 is 0.573 bits per heavy atom. The second-order valence-electron chi connectivity index (χ2n) is 25.4. The summed E-state index contributed by atoms with van der Waals surface area (Å²) in [6.07, 6.45) is -1.39. The second kappa shape index (κ2) is 29.4. The number of amides is 7. The molecule has 0 aromatic heterocycles. The molecule has 0 fully saturated rings. The van der Waals surface area contributed by atoms with Crippen LogP contribution in [0.15, 0.2) is 133 Å². The molecule has 23 heteroatoms. The molecule has 2 heterocycles. The Morgan fingerprint density at radius 2 is 1.01 bits per heavy atom. The molecule has 0 spiro atoms. The molecule has 500 valence electrons. The number of benzene rings is 7. The first-order valence-electron chi connectivity index (χ1n) is 31.1. The van der Waals surface area contributed by atoms with E-state index >= 15 is 4.79 Å². The molecule has 96 heavy (non-hydrogen) atoms. The Labute approximate surface area is 558 Å². The Balaban J connectivity index is 0.000000253. The van der Waals surface area contributed by atoms with Crippen LogP contribution in [0.25, 0.3) is 21.5 Å². The lowest BCUT2D eigenvalue weighted by Gasteiger charge is -2.34. The van der Waals surface area contributed by atoms with Crippen LogP contribution in [0.3, 0.4) is 0 Å². The summed E-state index contributed by atoms with van der Waals surface area (Å²) in [5, 5.41) is 32.2. The number of fused-ring (bicyclic) bond motifs is 4. The van der Waals surface area contributed by atoms with Crippen molar-refractivity contribution in [1.29, 1.82) is 10.5 Å². The minimum absolute atomic E-state index is 0.0371. The normalized spacial score (nSPS) is 16.6. The third-order valence-electron chi connectivity index (χ3n) is 16.6. The third-order valence-corrected chi connectivity index (χ3v) is 16.6. The van der Waals surface area contributed by atoms with Gasteiger partial charge in [0.2, 0.25) is 11.8 Å². The van der Waals surface area contributed by atoms with Gasteiger partial charge in [-0.05, 0) is 164 Å². The van der Waals surface area contributed by atoms with Gasteiger partial charge >= 0.3 is 18.2 Å². The van der Waals surface area contributed by atoms with E-state index < -0.39 is 89.2 Å². The highest BCUT2D eigenvalue weighted by molar-refractivity contribution is 6.14. The average molecular weight is 1310 g/mol. The summed E-state index contributed by atoms with van der Waals surface area (Å²) < 4.78 is 27.2. The molecule has 0 radical (unpaired) electrons. The van der Waals surface area contributed by atoms with Gasteiger partial charge in [0.1, 0.15) is 46.9 Å². The first-order valence-corrected chi connectivity index (χ1v) is 31.1. The lowest BCUT2D eigenvalue weighted by atomic mass is 10.0. The van der Waals surface area contributed by atoms with Crippen molar-refractivity contribution in [2.24, 2.45) is 0 Å². The van der Waals surface area contributed by atoms with E-state index in [1.807, 2.05) is 72.8 Å². The zero-order valence-electron chi connectivity index (χ0n) is 56.5. The number of ether oxygens (including phenoxy) is 5. The minimum Gasteiger partial charge on any atom is -0.496 e. The Bertz CT molecular complexity index is 4240. The van der Waals surface area contributed by atoms with Gasteiger partial charge in [-0.2, -0.15) is 10.5 Å². The summed E-state index contributed by atoms with van der Waals surface area (Å²) in [6.45, 7) is 17.0. The van der Waals surface area contributed by atoms with Gasteiger partial charge in [0.25, 0.3) is 17.7 Å². The topological polar surface area (TPSA) is 283 Å². The molecule has 7 aromatic rings. The summed E-state index contributed by atoms with van der Waals surface area (Å²) in [5.74, 6) is -2.10. The van der Waals surface area contributed by atoms with E-state index in [2.05, 4.69) is 28.1 Å². The van der Waals surface area contributed by atoms with Crippen LogP contribution in [0.1, 0.15) is 112 Å². The third kappa shape index (κ3) is 15.5. The van der Waals surface area contributed by atoms with Gasteiger partial charge < -0.3 is 54.3 Å². The van der Waals surface area contributed by atoms with Crippen LogP contribution < -0.4 is 40.1 Å². The largest absolute Gasteiger partial charge is 0.496 e. The number of rotatable bonds is 14. The fourth-order valence-corrected chi connectivity index (χ4v) is 11.2. The Kier molecular flexibility index (Phi) is 21.6. The number of hydrogen-bond acceptors (Lipinski definition) is 16. The standard InChI is InChI=1S/C41H43N5O8.C32H37N5O5/c1-24-35(43-36(47)25(2)44(6)40(51)54-41(3,4)5)38(49)45(23-31-30-12-10-9-11-27(30)18-20-34(31)52-7)32-19-13-26(22-42)21-33(32)46(24)37(48)28-14-16-29(17-15-28)39(50)53-8;1-19-28(35-29(38)20(2)36(6)31(40)42-32(3,4)5)30(39)37(26-14-12-21(17-33)16-25(26)34-19)18-24-23-11-9-8-10-22(23)13-15-27(24)41-7/h9-21,24-25,35H,23H2,1-8H3,(H,43,47);8-16,19-20,28,34H,18H2,1-7H3,(H,35,38)/t24-,25-,35-;19-,20-,28-/m00/s1. The molecule has 6 atom stereocenters. The fraction of sp³-hybridized carbons (Fsp3) is 0.342. The lowest BCUT2D eigenvalue weighted by Crippen LogP contribution is -2.60. The predicted octanol–water partition coefficient (Wildman–Crippen LogP) is 10.6. The van der Waals surface area contributed by atoms with Crippen LogP contribution in [-0.2, 0) is 46.5 Å². The highest BCUT2D eigenvalue weighted by Crippen LogP contribution is 2.41. The van der Waals surface area contributed by atoms with E-state index in [4.69, 9.17) is 23.7 Å². The number of nitriles is 2. The van der Waals surface area contributed by atoms with E-state index in [0.717, 1.165) is 32.0 Å². The molecular weight excluding hydrogens is 1220 g/mol. The van der Waals surface area contributed by atoms with Crippen molar-refractivity contribution in [2.45, 2.75) is 130 Å². The van der Waals surface area contributed by atoms with Crippen LogP contribution in [0.2, 0.25) is 0 Å². The number of methoxy groups -OCH3 is 3. The highest BCUT2D eigenvalue weighted by Gasteiger charge is 2.45.